The molecule has 0 radical (unpaired) electrons. The number of aromatic amines is 1. The Morgan fingerprint density at radius 2 is 2.12 bits per heavy atom. The second-order valence-electron chi connectivity index (χ2n) is 6.45. The lowest BCUT2D eigenvalue weighted by atomic mass is 10.0. The molecule has 6 heteroatoms. The van der Waals surface area contributed by atoms with Crippen molar-refractivity contribution >= 4 is 17.0 Å². The number of fused-ring (bicyclic) bond motifs is 1. The molecule has 6 nitrogen and oxygen atoms in total. The van der Waals surface area contributed by atoms with E-state index in [9.17, 15) is 4.79 Å². The normalized spacial score (nSPS) is 14.3. The Morgan fingerprint density at radius 1 is 1.38 bits per heavy atom. The maximum Gasteiger partial charge on any atom is 0.342 e. The third-order valence-electron chi connectivity index (χ3n) is 4.76. The molecule has 0 saturated heterocycles. The van der Waals surface area contributed by atoms with Crippen LogP contribution < -0.4 is 4.57 Å². The van der Waals surface area contributed by atoms with Crippen molar-refractivity contribution in [1.29, 1.82) is 0 Å². The van der Waals surface area contributed by atoms with Crippen LogP contribution in [-0.4, -0.2) is 23.2 Å². The van der Waals surface area contributed by atoms with Crippen molar-refractivity contribution in [3.63, 3.8) is 0 Å². The number of aromatic nitrogens is 3. The van der Waals surface area contributed by atoms with Crippen LogP contribution in [-0.2, 0) is 11.8 Å². The monoisotopic (exact) mass is 326 g/mol. The summed E-state index contributed by atoms with van der Waals surface area (Å²) >= 11 is 0. The molecule has 1 aliphatic rings. The van der Waals surface area contributed by atoms with Gasteiger partial charge in [0, 0.05) is 5.56 Å². The number of esters is 1. The summed E-state index contributed by atoms with van der Waals surface area (Å²) < 4.78 is 12.4. The lowest BCUT2D eigenvalue weighted by Crippen LogP contribution is -2.32. The standard InChI is InChI=1S/C18H19N3O3/c1-9-15(10(2)24-20-9)12-7-13(18(22)23-4)16-14(8-12)19-17(21(16)3)11-5-6-11/h7-8,11H,5-6H2,1-4H3/p+1. The van der Waals surface area contributed by atoms with Gasteiger partial charge in [-0.2, -0.15) is 0 Å². The number of nitrogens with zero attached hydrogens (tertiary/aromatic N) is 2. The molecular formula is C18H20N3O3+. The Morgan fingerprint density at radius 3 is 2.71 bits per heavy atom. The second kappa shape index (κ2) is 5.19. The zero-order valence-electron chi connectivity index (χ0n) is 14.3. The van der Waals surface area contributed by atoms with Gasteiger partial charge in [-0.15, -0.1) is 0 Å². The molecule has 1 N–H and O–H groups in total. The van der Waals surface area contributed by atoms with Gasteiger partial charge in [0.2, 0.25) is 0 Å². The number of hydrogen-bond acceptors (Lipinski definition) is 4. The van der Waals surface area contributed by atoms with Crippen molar-refractivity contribution in [2.24, 2.45) is 7.05 Å². The largest absolute Gasteiger partial charge is 0.465 e. The van der Waals surface area contributed by atoms with E-state index in [0.29, 0.717) is 11.5 Å². The van der Waals surface area contributed by atoms with Crippen LogP contribution in [0.25, 0.3) is 22.2 Å². The topological polar surface area (TPSA) is 72.0 Å². The fourth-order valence-electron chi connectivity index (χ4n) is 3.47. The van der Waals surface area contributed by atoms with E-state index in [1.807, 2.05) is 27.0 Å². The summed E-state index contributed by atoms with van der Waals surface area (Å²) in [5, 5.41) is 4.02. The van der Waals surface area contributed by atoms with E-state index in [4.69, 9.17) is 9.26 Å². The summed E-state index contributed by atoms with van der Waals surface area (Å²) in [6.45, 7) is 3.78. The van der Waals surface area contributed by atoms with E-state index in [-0.39, 0.29) is 5.97 Å². The Balaban J connectivity index is 2.02. The second-order valence-corrected chi connectivity index (χ2v) is 6.45. The molecule has 0 unspecified atom stereocenters. The molecule has 124 valence electrons. The van der Waals surface area contributed by atoms with Crippen molar-refractivity contribution in [1.82, 2.24) is 10.1 Å². The molecule has 2 aromatic heterocycles. The Labute approximate surface area is 139 Å². The minimum Gasteiger partial charge on any atom is -0.465 e. The average molecular weight is 326 g/mol. The molecule has 4 rings (SSSR count). The number of ether oxygens (including phenoxy) is 1. The molecule has 1 aliphatic carbocycles. The van der Waals surface area contributed by atoms with Gasteiger partial charge >= 0.3 is 5.97 Å². The molecule has 0 bridgehead atoms. The molecule has 1 aromatic carbocycles. The van der Waals surface area contributed by atoms with Gasteiger partial charge < -0.3 is 9.26 Å². The molecule has 0 aliphatic heterocycles. The van der Waals surface area contributed by atoms with Gasteiger partial charge in [0.15, 0.2) is 11.0 Å². The summed E-state index contributed by atoms with van der Waals surface area (Å²) in [4.78, 5) is 15.9. The summed E-state index contributed by atoms with van der Waals surface area (Å²) in [6.07, 6.45) is 2.37. The first kappa shape index (κ1) is 14.9. The third kappa shape index (κ3) is 2.13. The van der Waals surface area contributed by atoms with Crippen LogP contribution in [0.2, 0.25) is 0 Å². The number of H-pyrrole nitrogens is 1. The number of aryl methyl sites for hydroxylation is 3. The van der Waals surface area contributed by atoms with Crippen LogP contribution in [0.3, 0.4) is 0 Å². The van der Waals surface area contributed by atoms with Gasteiger partial charge in [0.25, 0.3) is 5.82 Å². The maximum atomic E-state index is 12.4. The number of carbonyl (C=O) groups excluding carboxylic acids is 1. The van der Waals surface area contributed by atoms with Gasteiger partial charge in [-0.05, 0) is 44.4 Å². The van der Waals surface area contributed by atoms with Gasteiger partial charge in [0.1, 0.15) is 11.3 Å². The van der Waals surface area contributed by atoms with E-state index >= 15 is 0 Å². The fourth-order valence-corrected chi connectivity index (χ4v) is 3.47. The number of rotatable bonds is 3. The smallest absolute Gasteiger partial charge is 0.342 e. The molecule has 1 fully saturated rings. The van der Waals surface area contributed by atoms with E-state index in [1.165, 1.54) is 20.0 Å². The first-order valence-electron chi connectivity index (χ1n) is 8.08. The zero-order chi connectivity index (χ0) is 17.0. The van der Waals surface area contributed by atoms with Crippen LogP contribution >= 0.6 is 0 Å². The minimum atomic E-state index is -0.342. The summed E-state index contributed by atoms with van der Waals surface area (Å²) in [5.74, 6) is 2.10. The number of imidazole rings is 1. The predicted molar refractivity (Wildman–Crippen MR) is 87.8 cm³/mol. The Bertz CT molecular complexity index is 944. The van der Waals surface area contributed by atoms with Crippen molar-refractivity contribution in [3.05, 3.63) is 35.0 Å². The molecule has 0 spiro atoms. The highest BCUT2D eigenvalue weighted by atomic mass is 16.5. The van der Waals surface area contributed by atoms with E-state index < -0.39 is 0 Å². The molecule has 1 saturated carbocycles. The Hall–Kier alpha value is -2.63. The number of nitrogens with one attached hydrogen (secondary N) is 1. The number of hydrogen-bond donors (Lipinski definition) is 1. The number of benzene rings is 1. The van der Waals surface area contributed by atoms with Gasteiger partial charge in [-0.25, -0.2) is 14.3 Å². The summed E-state index contributed by atoms with van der Waals surface area (Å²) in [5.41, 5.74) is 4.99. The first-order chi connectivity index (χ1) is 11.5. The van der Waals surface area contributed by atoms with Crippen molar-refractivity contribution in [3.8, 4) is 11.1 Å². The lowest BCUT2D eigenvalue weighted by molar-refractivity contribution is -0.653. The predicted octanol–water partition coefficient (Wildman–Crippen LogP) is 2.93. The van der Waals surface area contributed by atoms with Crippen molar-refractivity contribution in [2.45, 2.75) is 32.6 Å². The van der Waals surface area contributed by atoms with Crippen LogP contribution in [0.15, 0.2) is 16.7 Å². The number of methoxy groups -OCH3 is 1. The van der Waals surface area contributed by atoms with Crippen LogP contribution in [0, 0.1) is 13.8 Å². The molecule has 2 heterocycles. The van der Waals surface area contributed by atoms with E-state index in [1.54, 1.807) is 0 Å². The van der Waals surface area contributed by atoms with Gasteiger partial charge in [-0.3, -0.25) is 0 Å². The highest BCUT2D eigenvalue weighted by molar-refractivity contribution is 6.03. The van der Waals surface area contributed by atoms with E-state index in [2.05, 4.69) is 20.8 Å². The zero-order valence-corrected chi connectivity index (χ0v) is 14.3. The molecule has 24 heavy (non-hydrogen) atoms. The number of carbonyl (C=O) groups is 1. The van der Waals surface area contributed by atoms with Crippen LogP contribution in [0.1, 0.15) is 46.4 Å². The lowest BCUT2D eigenvalue weighted by Gasteiger charge is -2.05. The van der Waals surface area contributed by atoms with Crippen LogP contribution in [0.4, 0.5) is 0 Å². The summed E-state index contributed by atoms with van der Waals surface area (Å²) in [6, 6.07) is 3.92. The first-order valence-corrected chi connectivity index (χ1v) is 8.08. The van der Waals surface area contributed by atoms with E-state index in [0.717, 1.165) is 39.4 Å². The van der Waals surface area contributed by atoms with Gasteiger partial charge in [0.05, 0.1) is 25.8 Å². The van der Waals surface area contributed by atoms with Gasteiger partial charge in [-0.1, -0.05) is 5.16 Å². The minimum absolute atomic E-state index is 0.342. The molecule has 0 atom stereocenters. The molecule has 0 amide bonds. The average Bonchev–Trinajstić information content (AvgIpc) is 3.28. The molecular weight excluding hydrogens is 306 g/mol. The third-order valence-corrected chi connectivity index (χ3v) is 4.76. The SMILES string of the molecule is COC(=O)c1cc(-c2c(C)noc2C)cc2[nH]c(C3CC3)[n+](C)c12. The quantitative estimate of drug-likeness (QED) is 0.593. The Kier molecular flexibility index (Phi) is 3.23. The summed E-state index contributed by atoms with van der Waals surface area (Å²) in [7, 11) is 3.40. The highest BCUT2D eigenvalue weighted by Crippen LogP contribution is 2.39. The maximum absolute atomic E-state index is 12.4. The highest BCUT2D eigenvalue weighted by Gasteiger charge is 2.35. The molecule has 3 aromatic rings. The van der Waals surface area contributed by atoms with Crippen molar-refractivity contribution < 1.29 is 18.6 Å². The fraction of sp³-hybridized carbons (Fsp3) is 0.389. The van der Waals surface area contributed by atoms with Crippen LogP contribution in [0.5, 0.6) is 0 Å². The van der Waals surface area contributed by atoms with Crippen molar-refractivity contribution in [2.75, 3.05) is 7.11 Å².